The average Bonchev–Trinajstić information content (AvgIpc) is 2.42. The second-order valence-electron chi connectivity index (χ2n) is 7.90. The number of nitrogens with one attached hydrogen (secondary N) is 2. The van der Waals surface area contributed by atoms with Crippen LogP contribution in [-0.4, -0.2) is 43.0 Å². The fourth-order valence-electron chi connectivity index (χ4n) is 2.85. The van der Waals surface area contributed by atoms with Gasteiger partial charge in [-0.3, -0.25) is 0 Å². The maximum absolute atomic E-state index is 11.8. The van der Waals surface area contributed by atoms with Crippen LogP contribution in [0.1, 0.15) is 67.2 Å². The number of carbonyl (C=O) groups is 1. The van der Waals surface area contributed by atoms with Gasteiger partial charge in [-0.05, 0) is 46.0 Å². The van der Waals surface area contributed by atoms with Gasteiger partial charge in [0, 0.05) is 25.2 Å². The Labute approximate surface area is 141 Å². The molecule has 136 valence electrons. The van der Waals surface area contributed by atoms with E-state index in [1.54, 1.807) is 0 Å². The third kappa shape index (κ3) is 8.56. The summed E-state index contributed by atoms with van der Waals surface area (Å²) in [5.41, 5.74) is -0.459. The van der Waals surface area contributed by atoms with Crippen molar-refractivity contribution in [1.82, 2.24) is 10.6 Å². The van der Waals surface area contributed by atoms with Crippen molar-refractivity contribution in [3.8, 4) is 0 Å². The molecule has 5 heteroatoms. The van der Waals surface area contributed by atoms with E-state index < -0.39 is 5.60 Å². The van der Waals surface area contributed by atoms with Crippen LogP contribution in [0.15, 0.2) is 0 Å². The van der Waals surface area contributed by atoms with Crippen molar-refractivity contribution < 1.29 is 14.3 Å². The Kier molecular flexibility index (Phi) is 8.34. The van der Waals surface area contributed by atoms with Crippen LogP contribution in [-0.2, 0) is 9.47 Å². The summed E-state index contributed by atoms with van der Waals surface area (Å²) >= 11 is 0. The van der Waals surface area contributed by atoms with E-state index in [1.165, 1.54) is 0 Å². The molecular formula is C18H36N2O3. The number of rotatable bonds is 7. The van der Waals surface area contributed by atoms with Crippen LogP contribution in [0.2, 0.25) is 0 Å². The Bertz CT molecular complexity index is 351. The lowest BCUT2D eigenvalue weighted by Gasteiger charge is -2.34. The summed E-state index contributed by atoms with van der Waals surface area (Å²) in [6, 6.07) is 0.709. The second-order valence-corrected chi connectivity index (χ2v) is 7.90. The third-order valence-corrected chi connectivity index (χ3v) is 4.10. The molecule has 0 bridgehead atoms. The number of hydrogen-bond donors (Lipinski definition) is 2. The number of amides is 1. The Morgan fingerprint density at radius 1 is 1.35 bits per heavy atom. The normalized spacial score (nSPS) is 23.6. The second kappa shape index (κ2) is 9.48. The van der Waals surface area contributed by atoms with Gasteiger partial charge in [0.25, 0.3) is 0 Å². The standard InChI is InChI=1S/C18H36N2O3/c1-7-8-15-11-14(9-10-22-15)20-16(13(2)3)12-19-17(21)23-18(4,5)6/h13-16,20H,7-12H2,1-6H3,(H,19,21). The minimum atomic E-state index is -0.459. The Balaban J connectivity index is 2.44. The monoisotopic (exact) mass is 328 g/mol. The van der Waals surface area contributed by atoms with Crippen LogP contribution in [0.25, 0.3) is 0 Å². The largest absolute Gasteiger partial charge is 0.444 e. The zero-order chi connectivity index (χ0) is 17.5. The van der Waals surface area contributed by atoms with Gasteiger partial charge in [-0.2, -0.15) is 0 Å². The molecule has 1 amide bonds. The van der Waals surface area contributed by atoms with Gasteiger partial charge in [-0.15, -0.1) is 0 Å². The van der Waals surface area contributed by atoms with E-state index in [1.807, 2.05) is 20.8 Å². The van der Waals surface area contributed by atoms with Crippen LogP contribution in [0.3, 0.4) is 0 Å². The van der Waals surface area contributed by atoms with Gasteiger partial charge < -0.3 is 20.1 Å². The first-order chi connectivity index (χ1) is 10.7. The molecule has 1 saturated heterocycles. The molecule has 0 spiro atoms. The van der Waals surface area contributed by atoms with Crippen LogP contribution in [0.4, 0.5) is 4.79 Å². The van der Waals surface area contributed by atoms with E-state index in [9.17, 15) is 4.79 Å². The predicted octanol–water partition coefficient (Wildman–Crippen LogP) is 3.47. The highest BCUT2D eigenvalue weighted by molar-refractivity contribution is 5.67. The summed E-state index contributed by atoms with van der Waals surface area (Å²) in [6.07, 6.45) is 4.41. The minimum absolute atomic E-state index is 0.243. The summed E-state index contributed by atoms with van der Waals surface area (Å²) < 4.78 is 11.1. The van der Waals surface area contributed by atoms with Crippen molar-refractivity contribution in [3.63, 3.8) is 0 Å². The van der Waals surface area contributed by atoms with E-state index in [2.05, 4.69) is 31.4 Å². The average molecular weight is 328 g/mol. The summed E-state index contributed by atoms with van der Waals surface area (Å²) in [7, 11) is 0. The van der Waals surface area contributed by atoms with Gasteiger partial charge in [0.15, 0.2) is 0 Å². The highest BCUT2D eigenvalue weighted by atomic mass is 16.6. The first kappa shape index (κ1) is 20.2. The topological polar surface area (TPSA) is 59.6 Å². The summed E-state index contributed by atoms with van der Waals surface area (Å²) in [4.78, 5) is 11.8. The quantitative estimate of drug-likeness (QED) is 0.751. The summed E-state index contributed by atoms with van der Waals surface area (Å²) in [6.45, 7) is 13.6. The molecule has 0 saturated carbocycles. The number of ether oxygens (including phenoxy) is 2. The van der Waals surface area contributed by atoms with Crippen LogP contribution in [0, 0.1) is 5.92 Å². The third-order valence-electron chi connectivity index (χ3n) is 4.10. The van der Waals surface area contributed by atoms with Crippen LogP contribution in [0.5, 0.6) is 0 Å². The van der Waals surface area contributed by atoms with E-state index in [4.69, 9.17) is 9.47 Å². The van der Waals surface area contributed by atoms with Crippen molar-refractivity contribution in [1.29, 1.82) is 0 Å². The molecule has 2 N–H and O–H groups in total. The molecular weight excluding hydrogens is 292 g/mol. The van der Waals surface area contributed by atoms with Crippen LogP contribution >= 0.6 is 0 Å². The molecule has 1 aliphatic rings. The maximum atomic E-state index is 11.8. The van der Waals surface area contributed by atoms with E-state index in [0.29, 0.717) is 24.6 Å². The molecule has 23 heavy (non-hydrogen) atoms. The molecule has 3 unspecified atom stereocenters. The lowest BCUT2D eigenvalue weighted by molar-refractivity contribution is -0.00615. The molecule has 0 aromatic rings. The first-order valence-corrected chi connectivity index (χ1v) is 9.05. The Hall–Kier alpha value is -0.810. The van der Waals surface area contributed by atoms with Crippen molar-refractivity contribution in [2.24, 2.45) is 5.92 Å². The predicted molar refractivity (Wildman–Crippen MR) is 93.7 cm³/mol. The lowest BCUT2D eigenvalue weighted by atomic mass is 9.96. The molecule has 1 fully saturated rings. The van der Waals surface area contributed by atoms with E-state index in [-0.39, 0.29) is 12.1 Å². The smallest absolute Gasteiger partial charge is 0.407 e. The first-order valence-electron chi connectivity index (χ1n) is 9.05. The molecule has 1 aliphatic heterocycles. The molecule has 0 aromatic heterocycles. The van der Waals surface area contributed by atoms with Crippen molar-refractivity contribution >= 4 is 6.09 Å². The Morgan fingerprint density at radius 2 is 2.04 bits per heavy atom. The van der Waals surface area contributed by atoms with Crippen molar-refractivity contribution in [2.45, 2.75) is 91.0 Å². The van der Waals surface area contributed by atoms with Gasteiger partial charge in [0.05, 0.1) is 6.10 Å². The molecule has 0 aromatic carbocycles. The fourth-order valence-corrected chi connectivity index (χ4v) is 2.85. The Morgan fingerprint density at radius 3 is 2.61 bits per heavy atom. The molecule has 0 aliphatic carbocycles. The summed E-state index contributed by atoms with van der Waals surface area (Å²) in [5.74, 6) is 0.442. The van der Waals surface area contributed by atoms with Gasteiger partial charge in [-0.1, -0.05) is 27.2 Å². The van der Waals surface area contributed by atoms with Crippen LogP contribution < -0.4 is 10.6 Å². The fraction of sp³-hybridized carbons (Fsp3) is 0.944. The zero-order valence-corrected chi connectivity index (χ0v) is 15.8. The van der Waals surface area contributed by atoms with Gasteiger partial charge in [0.2, 0.25) is 0 Å². The van der Waals surface area contributed by atoms with Crippen molar-refractivity contribution in [3.05, 3.63) is 0 Å². The molecule has 3 atom stereocenters. The maximum Gasteiger partial charge on any atom is 0.407 e. The molecule has 1 heterocycles. The summed E-state index contributed by atoms with van der Waals surface area (Å²) in [5, 5.41) is 6.60. The molecule has 0 radical (unpaired) electrons. The van der Waals surface area contributed by atoms with Gasteiger partial charge in [-0.25, -0.2) is 4.79 Å². The molecule has 1 rings (SSSR count). The van der Waals surface area contributed by atoms with Gasteiger partial charge >= 0.3 is 6.09 Å². The lowest BCUT2D eigenvalue weighted by Crippen LogP contribution is -2.51. The minimum Gasteiger partial charge on any atom is -0.444 e. The molecule has 5 nitrogen and oxygen atoms in total. The highest BCUT2D eigenvalue weighted by Crippen LogP contribution is 2.19. The van der Waals surface area contributed by atoms with Gasteiger partial charge in [0.1, 0.15) is 5.60 Å². The highest BCUT2D eigenvalue weighted by Gasteiger charge is 2.26. The SMILES string of the molecule is CCCC1CC(NC(CNC(=O)OC(C)(C)C)C(C)C)CCO1. The zero-order valence-electron chi connectivity index (χ0n) is 15.8. The van der Waals surface area contributed by atoms with E-state index in [0.717, 1.165) is 32.3 Å². The number of carbonyl (C=O) groups excluding carboxylic acids is 1. The van der Waals surface area contributed by atoms with E-state index >= 15 is 0 Å². The number of alkyl carbamates (subject to hydrolysis) is 1. The number of hydrogen-bond acceptors (Lipinski definition) is 4. The van der Waals surface area contributed by atoms with Crippen molar-refractivity contribution in [2.75, 3.05) is 13.2 Å².